The van der Waals surface area contributed by atoms with Crippen molar-refractivity contribution >= 4 is 37.9 Å². The number of fused-ring (bicyclic) bond motifs is 1. The molecule has 4 aromatic rings. The molecule has 6 nitrogen and oxygen atoms in total. The Morgan fingerprint density at radius 2 is 1.81 bits per heavy atom. The van der Waals surface area contributed by atoms with Crippen LogP contribution in [0.3, 0.4) is 0 Å². The molecule has 0 spiro atoms. The molecule has 36 heavy (non-hydrogen) atoms. The van der Waals surface area contributed by atoms with Gasteiger partial charge in [-0.25, -0.2) is 0 Å². The molecule has 0 amide bonds. The van der Waals surface area contributed by atoms with Crippen molar-refractivity contribution in [1.29, 1.82) is 0 Å². The van der Waals surface area contributed by atoms with Crippen LogP contribution >= 0.6 is 11.3 Å². The highest BCUT2D eigenvalue weighted by Gasteiger charge is 2.23. The molecule has 1 fully saturated rings. The third-order valence-corrected chi connectivity index (χ3v) is 7.88. The second-order valence-electron chi connectivity index (χ2n) is 9.36. The van der Waals surface area contributed by atoms with Gasteiger partial charge in [-0.1, -0.05) is 42.5 Å². The first-order valence-electron chi connectivity index (χ1n) is 12.2. The Balaban J connectivity index is 1.45. The first kappa shape index (κ1) is 24.2. The van der Waals surface area contributed by atoms with Crippen LogP contribution in [0.5, 0.6) is 5.75 Å². The summed E-state index contributed by atoms with van der Waals surface area (Å²) in [6.45, 7) is 3.23. The highest BCUT2D eigenvalue weighted by Crippen LogP contribution is 2.41. The molecular formula is C29H29N3O3S. The summed E-state index contributed by atoms with van der Waals surface area (Å²) in [6, 6.07) is 21.2. The summed E-state index contributed by atoms with van der Waals surface area (Å²) in [6.07, 6.45) is 2.36. The second kappa shape index (κ2) is 10.6. The Hall–Kier alpha value is -3.55. The zero-order chi connectivity index (χ0) is 25.1. The van der Waals surface area contributed by atoms with Gasteiger partial charge in [0.2, 0.25) is 0 Å². The Morgan fingerprint density at radius 1 is 1.03 bits per heavy atom. The fraction of sp³-hybridized carbons (Fsp3) is 0.276. The standard InChI is InChI=1S/C29H29N3O3S/c1-31(2)29-27(24-13-12-23(17-26(24)36-29)35-19-20-8-4-3-5-9-20)28(33)21-10-11-22(25(16-21)30-34)18-32-14-6-7-15-32/h3-5,8-13,16-17H,6-7,14-15,18-19H2,1-2H3. The monoisotopic (exact) mass is 499 g/mol. The molecule has 184 valence electrons. The largest absolute Gasteiger partial charge is 0.489 e. The fourth-order valence-corrected chi connectivity index (χ4v) is 5.83. The van der Waals surface area contributed by atoms with Gasteiger partial charge in [0.05, 0.1) is 5.56 Å². The first-order valence-corrected chi connectivity index (χ1v) is 13.0. The Bertz CT molecular complexity index is 1390. The minimum absolute atomic E-state index is 0.111. The van der Waals surface area contributed by atoms with E-state index in [9.17, 15) is 9.70 Å². The fourth-order valence-electron chi connectivity index (χ4n) is 4.68. The van der Waals surface area contributed by atoms with E-state index in [2.05, 4.69) is 10.1 Å². The minimum Gasteiger partial charge on any atom is -0.489 e. The number of ketones is 1. The molecule has 0 aliphatic carbocycles. The number of carbonyl (C=O) groups is 1. The van der Waals surface area contributed by atoms with Crippen molar-refractivity contribution in [3.05, 3.63) is 93.9 Å². The maximum atomic E-state index is 13.8. The number of benzene rings is 3. The van der Waals surface area contributed by atoms with Crippen LogP contribution in [0.1, 0.15) is 39.9 Å². The van der Waals surface area contributed by atoms with E-state index in [1.807, 2.05) is 79.7 Å². The van der Waals surface area contributed by atoms with Crippen LogP contribution in [0.4, 0.5) is 10.7 Å². The van der Waals surface area contributed by atoms with E-state index in [-0.39, 0.29) is 5.78 Å². The van der Waals surface area contributed by atoms with Crippen LogP contribution < -0.4 is 9.64 Å². The number of hydrogen-bond acceptors (Lipinski definition) is 7. The molecule has 0 radical (unpaired) electrons. The van der Waals surface area contributed by atoms with Gasteiger partial charge < -0.3 is 9.64 Å². The average Bonchev–Trinajstić information content (AvgIpc) is 3.55. The smallest absolute Gasteiger partial charge is 0.196 e. The summed E-state index contributed by atoms with van der Waals surface area (Å²) >= 11 is 1.56. The molecule has 5 rings (SSSR count). The van der Waals surface area contributed by atoms with Gasteiger partial charge in [0.15, 0.2) is 5.78 Å². The Labute approximate surface area is 215 Å². The molecule has 1 saturated heterocycles. The summed E-state index contributed by atoms with van der Waals surface area (Å²) in [5.41, 5.74) is 3.42. The van der Waals surface area contributed by atoms with E-state index in [4.69, 9.17) is 4.74 Å². The Kier molecular flexibility index (Phi) is 7.11. The summed E-state index contributed by atoms with van der Waals surface area (Å²) < 4.78 is 6.99. The number of ether oxygens (including phenoxy) is 1. The number of thiophene rings is 1. The summed E-state index contributed by atoms with van der Waals surface area (Å²) in [5, 5.41) is 5.01. The highest BCUT2D eigenvalue weighted by atomic mass is 32.1. The molecule has 1 aliphatic rings. The number of anilines is 1. The van der Waals surface area contributed by atoms with Crippen LogP contribution in [0.25, 0.3) is 10.1 Å². The van der Waals surface area contributed by atoms with Crippen molar-refractivity contribution < 1.29 is 9.53 Å². The number of nitrogens with zero attached hydrogens (tertiary/aromatic N) is 3. The lowest BCUT2D eigenvalue weighted by Gasteiger charge is -2.16. The summed E-state index contributed by atoms with van der Waals surface area (Å²) in [4.78, 5) is 29.7. The highest BCUT2D eigenvalue weighted by molar-refractivity contribution is 7.23. The maximum absolute atomic E-state index is 13.8. The van der Waals surface area contributed by atoms with Gasteiger partial charge >= 0.3 is 0 Å². The number of nitroso groups, excluding NO2 is 1. The maximum Gasteiger partial charge on any atom is 0.196 e. The van der Waals surface area contributed by atoms with Crippen molar-refractivity contribution in [3.8, 4) is 5.75 Å². The molecule has 0 atom stereocenters. The molecule has 2 heterocycles. The third-order valence-electron chi connectivity index (χ3n) is 6.56. The van der Waals surface area contributed by atoms with Gasteiger partial charge in [0.1, 0.15) is 23.0 Å². The molecular weight excluding hydrogens is 470 g/mol. The lowest BCUT2D eigenvalue weighted by molar-refractivity contribution is 0.104. The van der Waals surface area contributed by atoms with Crippen molar-refractivity contribution in [2.24, 2.45) is 5.18 Å². The molecule has 0 N–H and O–H groups in total. The van der Waals surface area contributed by atoms with E-state index in [1.54, 1.807) is 17.4 Å². The molecule has 0 saturated carbocycles. The Morgan fingerprint density at radius 3 is 2.53 bits per heavy atom. The SMILES string of the molecule is CN(C)c1sc2cc(OCc3ccccc3)ccc2c1C(=O)c1ccc(CN2CCCC2)c(N=O)c1. The predicted octanol–water partition coefficient (Wildman–Crippen LogP) is 6.77. The first-order chi connectivity index (χ1) is 17.5. The minimum atomic E-state index is -0.111. The second-order valence-corrected chi connectivity index (χ2v) is 10.4. The van der Waals surface area contributed by atoms with Crippen molar-refractivity contribution in [3.63, 3.8) is 0 Å². The van der Waals surface area contributed by atoms with Crippen LogP contribution in [0.2, 0.25) is 0 Å². The van der Waals surface area contributed by atoms with E-state index in [0.717, 1.165) is 45.1 Å². The number of hydrogen-bond donors (Lipinski definition) is 0. The number of rotatable bonds is 9. The van der Waals surface area contributed by atoms with Gasteiger partial charge in [-0.05, 0) is 66.5 Å². The van der Waals surface area contributed by atoms with Gasteiger partial charge in [0.25, 0.3) is 0 Å². The van der Waals surface area contributed by atoms with Crippen molar-refractivity contribution in [2.75, 3.05) is 32.1 Å². The van der Waals surface area contributed by atoms with E-state index < -0.39 is 0 Å². The quantitative estimate of drug-likeness (QED) is 0.188. The van der Waals surface area contributed by atoms with Crippen LogP contribution in [-0.2, 0) is 13.2 Å². The van der Waals surface area contributed by atoms with Crippen molar-refractivity contribution in [1.82, 2.24) is 4.90 Å². The van der Waals surface area contributed by atoms with Gasteiger partial charge in [-0.3, -0.25) is 9.69 Å². The molecule has 0 bridgehead atoms. The topological polar surface area (TPSA) is 62.2 Å². The number of likely N-dealkylation sites (tertiary alicyclic amines) is 1. The average molecular weight is 500 g/mol. The van der Waals surface area contributed by atoms with Crippen LogP contribution in [0.15, 0.2) is 71.9 Å². The molecule has 1 aromatic heterocycles. The van der Waals surface area contributed by atoms with E-state index >= 15 is 0 Å². The van der Waals surface area contributed by atoms with Gasteiger partial charge in [-0.2, -0.15) is 0 Å². The zero-order valence-corrected chi connectivity index (χ0v) is 21.4. The lowest BCUT2D eigenvalue weighted by Crippen LogP contribution is -2.18. The van der Waals surface area contributed by atoms with Gasteiger partial charge in [0, 0.05) is 36.3 Å². The predicted molar refractivity (Wildman–Crippen MR) is 147 cm³/mol. The zero-order valence-electron chi connectivity index (χ0n) is 20.6. The van der Waals surface area contributed by atoms with E-state index in [1.165, 1.54) is 12.8 Å². The summed E-state index contributed by atoms with van der Waals surface area (Å²) in [5.74, 6) is 0.649. The third kappa shape index (κ3) is 5.03. The molecule has 0 unspecified atom stereocenters. The van der Waals surface area contributed by atoms with E-state index in [0.29, 0.717) is 30.0 Å². The normalized spacial score (nSPS) is 13.7. The molecule has 7 heteroatoms. The van der Waals surface area contributed by atoms with Crippen molar-refractivity contribution in [2.45, 2.75) is 26.0 Å². The summed E-state index contributed by atoms with van der Waals surface area (Å²) in [7, 11) is 3.87. The van der Waals surface area contributed by atoms with Crippen LogP contribution in [-0.4, -0.2) is 37.9 Å². The molecule has 3 aromatic carbocycles. The van der Waals surface area contributed by atoms with Crippen LogP contribution in [0, 0.1) is 4.91 Å². The number of carbonyl (C=O) groups excluding carboxylic acids is 1. The molecule has 1 aliphatic heterocycles. The lowest BCUT2D eigenvalue weighted by atomic mass is 9.99. The van der Waals surface area contributed by atoms with Gasteiger partial charge in [-0.15, -0.1) is 16.2 Å².